The highest BCUT2D eigenvalue weighted by Gasteiger charge is 2.33. The van der Waals surface area contributed by atoms with Crippen molar-refractivity contribution in [3.05, 3.63) is 95.1 Å². The average molecular weight is 566 g/mol. The molecule has 1 atom stereocenters. The zero-order chi connectivity index (χ0) is 29.4. The van der Waals surface area contributed by atoms with Gasteiger partial charge < -0.3 is 15.0 Å². The van der Waals surface area contributed by atoms with E-state index in [0.29, 0.717) is 11.4 Å². The largest absolute Gasteiger partial charge is 0.497 e. The molecular weight excluding hydrogens is 526 g/mol. The van der Waals surface area contributed by atoms with Crippen LogP contribution in [0.4, 0.5) is 5.69 Å². The van der Waals surface area contributed by atoms with E-state index in [9.17, 15) is 18.0 Å². The zero-order valence-electron chi connectivity index (χ0n) is 24.0. The Labute approximate surface area is 238 Å². The predicted octanol–water partition coefficient (Wildman–Crippen LogP) is 4.24. The van der Waals surface area contributed by atoms with Crippen LogP contribution in [0.3, 0.4) is 0 Å². The van der Waals surface area contributed by atoms with Gasteiger partial charge in [0.2, 0.25) is 21.8 Å². The number of rotatable bonds is 12. The maximum atomic E-state index is 14.1. The van der Waals surface area contributed by atoms with Gasteiger partial charge in [-0.15, -0.1) is 0 Å². The Bertz CT molecular complexity index is 1420. The molecule has 0 heterocycles. The molecule has 2 amide bonds. The summed E-state index contributed by atoms with van der Waals surface area (Å²) in [6, 6.07) is 21.0. The van der Waals surface area contributed by atoms with Gasteiger partial charge >= 0.3 is 0 Å². The molecule has 0 saturated carbocycles. The quantitative estimate of drug-likeness (QED) is 0.354. The number of methoxy groups -OCH3 is 1. The smallest absolute Gasteiger partial charge is 0.244 e. The Hall–Kier alpha value is -3.85. The van der Waals surface area contributed by atoms with Crippen molar-refractivity contribution in [2.75, 3.05) is 24.2 Å². The summed E-state index contributed by atoms with van der Waals surface area (Å²) in [6.45, 7) is 7.18. The topological polar surface area (TPSA) is 96.0 Å². The number of ether oxygens (including phenoxy) is 1. The van der Waals surface area contributed by atoms with E-state index in [0.717, 1.165) is 32.8 Å². The van der Waals surface area contributed by atoms with Crippen molar-refractivity contribution in [1.29, 1.82) is 0 Å². The number of nitrogens with zero attached hydrogens (tertiary/aromatic N) is 2. The lowest BCUT2D eigenvalue weighted by atomic mass is 10.0. The molecule has 0 radical (unpaired) electrons. The second kappa shape index (κ2) is 13.5. The number of sulfonamides is 1. The van der Waals surface area contributed by atoms with Gasteiger partial charge in [0.1, 0.15) is 18.3 Å². The van der Waals surface area contributed by atoms with Crippen molar-refractivity contribution in [2.45, 2.75) is 52.7 Å². The third-order valence-corrected chi connectivity index (χ3v) is 7.79. The highest BCUT2D eigenvalue weighted by Crippen LogP contribution is 2.23. The fourth-order valence-electron chi connectivity index (χ4n) is 4.40. The van der Waals surface area contributed by atoms with E-state index < -0.39 is 28.5 Å². The SMILES string of the molecule is COc1cccc(CN(C(=O)CN(c2ccc(C)c(C)c2)S(C)(=O)=O)[C@H](Cc2ccccc2)C(=O)NC(C)C)c1. The van der Waals surface area contributed by atoms with Gasteiger partial charge in [-0.25, -0.2) is 8.42 Å². The van der Waals surface area contributed by atoms with Crippen LogP contribution in [0.5, 0.6) is 5.75 Å². The first-order chi connectivity index (χ1) is 18.9. The molecule has 0 spiro atoms. The molecule has 0 aliphatic heterocycles. The minimum atomic E-state index is -3.82. The average Bonchev–Trinajstić information content (AvgIpc) is 2.90. The number of benzene rings is 3. The first kappa shape index (κ1) is 30.7. The molecule has 3 rings (SSSR count). The van der Waals surface area contributed by atoms with Crippen LogP contribution in [-0.2, 0) is 32.6 Å². The van der Waals surface area contributed by atoms with Crippen LogP contribution < -0.4 is 14.4 Å². The van der Waals surface area contributed by atoms with Gasteiger partial charge in [0, 0.05) is 19.0 Å². The van der Waals surface area contributed by atoms with Gasteiger partial charge in [-0.3, -0.25) is 13.9 Å². The lowest BCUT2D eigenvalue weighted by Gasteiger charge is -2.34. The highest BCUT2D eigenvalue weighted by molar-refractivity contribution is 7.92. The highest BCUT2D eigenvalue weighted by atomic mass is 32.2. The van der Waals surface area contributed by atoms with Crippen molar-refractivity contribution in [3.8, 4) is 5.75 Å². The van der Waals surface area contributed by atoms with E-state index in [-0.39, 0.29) is 24.9 Å². The third-order valence-electron chi connectivity index (χ3n) is 6.65. The summed E-state index contributed by atoms with van der Waals surface area (Å²) in [4.78, 5) is 29.2. The zero-order valence-corrected chi connectivity index (χ0v) is 24.9. The molecule has 0 aliphatic carbocycles. The van der Waals surface area contributed by atoms with Gasteiger partial charge in [-0.2, -0.15) is 0 Å². The van der Waals surface area contributed by atoms with Crippen LogP contribution in [0.15, 0.2) is 72.8 Å². The van der Waals surface area contributed by atoms with Gasteiger partial charge in [-0.05, 0) is 74.2 Å². The summed E-state index contributed by atoms with van der Waals surface area (Å²) in [6.07, 6.45) is 1.34. The van der Waals surface area contributed by atoms with Crippen LogP contribution >= 0.6 is 0 Å². The second-order valence-electron chi connectivity index (χ2n) is 10.3. The lowest BCUT2D eigenvalue weighted by Crippen LogP contribution is -2.54. The molecule has 3 aromatic rings. The maximum Gasteiger partial charge on any atom is 0.244 e. The third kappa shape index (κ3) is 8.32. The van der Waals surface area contributed by atoms with Crippen molar-refractivity contribution in [3.63, 3.8) is 0 Å². The van der Waals surface area contributed by atoms with Crippen LogP contribution in [-0.4, -0.2) is 57.1 Å². The number of anilines is 1. The van der Waals surface area contributed by atoms with E-state index in [1.165, 1.54) is 4.90 Å². The summed E-state index contributed by atoms with van der Waals surface area (Å²) in [7, 11) is -2.26. The lowest BCUT2D eigenvalue weighted by molar-refractivity contribution is -0.140. The van der Waals surface area contributed by atoms with Crippen LogP contribution in [0, 0.1) is 13.8 Å². The summed E-state index contributed by atoms with van der Waals surface area (Å²) >= 11 is 0. The summed E-state index contributed by atoms with van der Waals surface area (Å²) in [5.74, 6) is -0.192. The van der Waals surface area contributed by atoms with Crippen molar-refractivity contribution < 1.29 is 22.7 Å². The molecule has 0 unspecified atom stereocenters. The number of hydrogen-bond donors (Lipinski definition) is 1. The summed E-state index contributed by atoms with van der Waals surface area (Å²) in [5.41, 5.74) is 3.94. The molecule has 0 fully saturated rings. The molecule has 0 aliphatic rings. The van der Waals surface area contributed by atoms with E-state index in [2.05, 4.69) is 5.32 Å². The normalized spacial score (nSPS) is 12.1. The molecule has 8 nitrogen and oxygen atoms in total. The van der Waals surface area contributed by atoms with Crippen molar-refractivity contribution >= 4 is 27.5 Å². The van der Waals surface area contributed by atoms with Gasteiger partial charge in [0.25, 0.3) is 0 Å². The van der Waals surface area contributed by atoms with E-state index in [4.69, 9.17) is 4.74 Å². The first-order valence-corrected chi connectivity index (χ1v) is 15.1. The fourth-order valence-corrected chi connectivity index (χ4v) is 5.24. The van der Waals surface area contributed by atoms with Crippen LogP contribution in [0.25, 0.3) is 0 Å². The van der Waals surface area contributed by atoms with Crippen molar-refractivity contribution in [1.82, 2.24) is 10.2 Å². The number of nitrogens with one attached hydrogen (secondary N) is 1. The number of amides is 2. The Morgan fingerprint density at radius 2 is 1.57 bits per heavy atom. The van der Waals surface area contributed by atoms with Gasteiger partial charge in [0.15, 0.2) is 0 Å². The van der Waals surface area contributed by atoms with Crippen LogP contribution in [0.1, 0.15) is 36.1 Å². The Balaban J connectivity index is 2.08. The number of carbonyl (C=O) groups is 2. The fraction of sp³-hybridized carbons (Fsp3) is 0.355. The number of carbonyl (C=O) groups excluding carboxylic acids is 2. The van der Waals surface area contributed by atoms with Gasteiger partial charge in [-0.1, -0.05) is 48.5 Å². The molecule has 0 bridgehead atoms. The Kier molecular flexibility index (Phi) is 10.3. The Morgan fingerprint density at radius 3 is 2.17 bits per heavy atom. The molecule has 0 aromatic heterocycles. The molecule has 3 aromatic carbocycles. The van der Waals surface area contributed by atoms with E-state index in [1.807, 2.05) is 76.2 Å². The Morgan fingerprint density at radius 1 is 0.900 bits per heavy atom. The van der Waals surface area contributed by atoms with Gasteiger partial charge in [0.05, 0.1) is 19.1 Å². The minimum Gasteiger partial charge on any atom is -0.497 e. The minimum absolute atomic E-state index is 0.0869. The summed E-state index contributed by atoms with van der Waals surface area (Å²) < 4.78 is 32.3. The molecule has 214 valence electrons. The molecular formula is C31H39N3O5S. The summed E-state index contributed by atoms with van der Waals surface area (Å²) in [5, 5.41) is 2.95. The van der Waals surface area contributed by atoms with E-state index >= 15 is 0 Å². The molecule has 40 heavy (non-hydrogen) atoms. The number of hydrogen-bond acceptors (Lipinski definition) is 5. The standard InChI is InChI=1S/C31H39N3O5S/c1-22(2)32-31(36)29(19-25-11-8-7-9-12-25)33(20-26-13-10-14-28(18-26)39-5)30(35)21-34(40(6,37)38)27-16-15-23(3)24(4)17-27/h7-18,22,29H,19-21H2,1-6H3,(H,32,36)/t29-/m1/s1. The molecule has 9 heteroatoms. The van der Waals surface area contributed by atoms with Crippen LogP contribution in [0.2, 0.25) is 0 Å². The molecule has 1 N–H and O–H groups in total. The first-order valence-electron chi connectivity index (χ1n) is 13.2. The number of aryl methyl sites for hydroxylation is 2. The second-order valence-corrected chi connectivity index (χ2v) is 12.2. The maximum absolute atomic E-state index is 14.1. The predicted molar refractivity (Wildman–Crippen MR) is 159 cm³/mol. The van der Waals surface area contributed by atoms with E-state index in [1.54, 1.807) is 31.4 Å². The monoisotopic (exact) mass is 565 g/mol. The molecule has 0 saturated heterocycles. The van der Waals surface area contributed by atoms with Crippen molar-refractivity contribution in [2.24, 2.45) is 0 Å².